The summed E-state index contributed by atoms with van der Waals surface area (Å²) in [4.78, 5) is 0. The van der Waals surface area contributed by atoms with E-state index in [1.165, 1.54) is 70.9 Å². The maximum atomic E-state index is 6.90. The first-order valence-corrected chi connectivity index (χ1v) is 14.3. The molecule has 2 aliphatic heterocycles. The first-order valence-electron chi connectivity index (χ1n) is 8.40. The Morgan fingerprint density at radius 1 is 0.727 bits per heavy atom. The largest absolute Gasteiger partial charge is 0.159 e. The molecule has 0 amide bonds. The van der Waals surface area contributed by atoms with Gasteiger partial charge >= 0.3 is 0 Å². The van der Waals surface area contributed by atoms with Crippen LogP contribution in [0, 0.1) is 13.8 Å². The van der Waals surface area contributed by atoms with E-state index in [1.807, 2.05) is 0 Å². The Morgan fingerprint density at radius 3 is 1.36 bits per heavy atom. The van der Waals surface area contributed by atoms with Crippen LogP contribution >= 0.6 is 39.8 Å². The molecule has 0 N–H and O–H groups in total. The Bertz CT molecular complexity index is 495. The summed E-state index contributed by atoms with van der Waals surface area (Å²) in [6.07, 6.45) is 5.31. The Morgan fingerprint density at radius 2 is 1.05 bits per heavy atom. The van der Waals surface area contributed by atoms with Gasteiger partial charge in [0.25, 0.3) is 0 Å². The molecule has 2 fully saturated rings. The monoisotopic (exact) mass is 378 g/mol. The van der Waals surface area contributed by atoms with E-state index in [0.29, 0.717) is 0 Å². The molecule has 0 unspecified atom stereocenters. The van der Waals surface area contributed by atoms with Gasteiger partial charge in [0, 0.05) is 11.5 Å². The molecule has 0 aromatic heterocycles. The summed E-state index contributed by atoms with van der Waals surface area (Å²) in [6.45, 7) is 4.52. The van der Waals surface area contributed by atoms with Crippen molar-refractivity contribution in [2.75, 3.05) is 23.0 Å². The van der Waals surface area contributed by atoms with E-state index in [-0.39, 0.29) is 0 Å². The third-order valence-corrected chi connectivity index (χ3v) is 13.4. The highest BCUT2D eigenvalue weighted by molar-refractivity contribution is 8.51. The van der Waals surface area contributed by atoms with Crippen LogP contribution in [0.25, 0.3) is 0 Å². The molecule has 0 atom stereocenters. The number of benzene rings is 1. The Labute approximate surface area is 148 Å². The fraction of sp³-hybridized carbons (Fsp3) is 0.667. The van der Waals surface area contributed by atoms with Crippen molar-refractivity contribution in [1.82, 2.24) is 0 Å². The zero-order valence-electron chi connectivity index (χ0n) is 13.8. The summed E-state index contributed by atoms with van der Waals surface area (Å²) >= 11 is 0. The highest BCUT2D eigenvalue weighted by Crippen LogP contribution is 2.62. The summed E-state index contributed by atoms with van der Waals surface area (Å²) < 4.78 is 0. The minimum Gasteiger partial charge on any atom is -0.159 e. The molecular weight excluding hydrogens is 351 g/mol. The second-order valence-corrected chi connectivity index (χ2v) is 17.0. The Hall–Kier alpha value is 0.500. The molecule has 2 heterocycles. The van der Waals surface area contributed by atoms with Gasteiger partial charge in [0.15, 0.2) is 0 Å². The van der Waals surface area contributed by atoms with Gasteiger partial charge in [0.1, 0.15) is 0 Å². The lowest BCUT2D eigenvalue weighted by molar-refractivity contribution is 0.949. The van der Waals surface area contributed by atoms with Gasteiger partial charge in [-0.1, -0.05) is 33.5 Å². The number of rotatable bonds is 4. The van der Waals surface area contributed by atoms with Crippen molar-refractivity contribution in [3.8, 4) is 0 Å². The average Bonchev–Trinajstić information content (AvgIpc) is 3.05. The van der Waals surface area contributed by atoms with Crippen LogP contribution in [0.5, 0.6) is 0 Å². The first-order chi connectivity index (χ1) is 10.4. The second kappa shape index (κ2) is 6.78. The van der Waals surface area contributed by atoms with Gasteiger partial charge in [0.2, 0.25) is 0 Å². The van der Waals surface area contributed by atoms with Gasteiger partial charge in [-0.05, 0) is 84.8 Å². The van der Waals surface area contributed by atoms with Crippen molar-refractivity contribution in [2.45, 2.75) is 51.0 Å². The number of halogens is 2. The molecule has 0 saturated carbocycles. The molecule has 2 saturated heterocycles. The standard InChI is InChI=1S/C18H28Cl2S2/c1-15-11-18(14-22(20)9-5-6-10-22)16(2)12-17(15)13-21(19)7-3-4-8-21/h11-12H,3-10,13-14H2,1-2H3. The fourth-order valence-electron chi connectivity index (χ4n) is 3.74. The van der Waals surface area contributed by atoms with Gasteiger partial charge in [0.05, 0.1) is 0 Å². The van der Waals surface area contributed by atoms with Crippen LogP contribution in [0.1, 0.15) is 47.9 Å². The maximum absolute atomic E-state index is 6.90. The van der Waals surface area contributed by atoms with Crippen molar-refractivity contribution in [3.05, 3.63) is 34.4 Å². The van der Waals surface area contributed by atoms with Crippen molar-refractivity contribution in [1.29, 1.82) is 0 Å². The molecule has 2 aliphatic rings. The molecule has 0 radical (unpaired) electrons. The molecule has 0 bridgehead atoms. The lowest BCUT2D eigenvalue weighted by Crippen LogP contribution is -2.04. The first kappa shape index (κ1) is 17.3. The molecule has 0 spiro atoms. The molecular formula is C18H28Cl2S2. The lowest BCUT2D eigenvalue weighted by Gasteiger charge is -2.30. The zero-order valence-corrected chi connectivity index (χ0v) is 16.9. The Balaban J connectivity index is 1.78. The smallest absolute Gasteiger partial charge is 0.0154 e. The van der Waals surface area contributed by atoms with Gasteiger partial charge in [-0.25, -0.2) is 0 Å². The summed E-state index contributed by atoms with van der Waals surface area (Å²) in [5.74, 6) is 7.24. The van der Waals surface area contributed by atoms with E-state index in [2.05, 4.69) is 26.0 Å². The third kappa shape index (κ3) is 3.94. The van der Waals surface area contributed by atoms with E-state index < -0.39 is 18.5 Å². The molecule has 1 aromatic rings. The van der Waals surface area contributed by atoms with Crippen molar-refractivity contribution in [3.63, 3.8) is 0 Å². The highest BCUT2D eigenvalue weighted by atomic mass is 35.7. The molecule has 4 heteroatoms. The molecule has 3 rings (SSSR count). The van der Waals surface area contributed by atoms with Crippen LogP contribution in [0.4, 0.5) is 0 Å². The highest BCUT2D eigenvalue weighted by Gasteiger charge is 2.29. The van der Waals surface area contributed by atoms with Crippen LogP contribution < -0.4 is 0 Å². The van der Waals surface area contributed by atoms with Crippen molar-refractivity contribution in [2.24, 2.45) is 0 Å². The molecule has 22 heavy (non-hydrogen) atoms. The number of hydrogen-bond donors (Lipinski definition) is 0. The van der Waals surface area contributed by atoms with Crippen molar-refractivity contribution < 1.29 is 0 Å². The third-order valence-electron chi connectivity index (χ3n) is 5.16. The normalized spacial score (nSPS) is 26.0. The van der Waals surface area contributed by atoms with Gasteiger partial charge < -0.3 is 0 Å². The summed E-state index contributed by atoms with van der Waals surface area (Å²) in [7, 11) is 12.0. The molecule has 0 aliphatic carbocycles. The average molecular weight is 379 g/mol. The van der Waals surface area contributed by atoms with Gasteiger partial charge in [-0.2, -0.15) is 18.5 Å². The lowest BCUT2D eigenvalue weighted by atomic mass is 10.0. The van der Waals surface area contributed by atoms with Crippen LogP contribution in [-0.2, 0) is 11.5 Å². The minimum atomic E-state index is -0.892. The summed E-state index contributed by atoms with van der Waals surface area (Å²) in [6, 6.07) is 4.82. The number of hydrogen-bond acceptors (Lipinski definition) is 0. The zero-order chi connectivity index (χ0) is 15.8. The quantitative estimate of drug-likeness (QED) is 0.539. The molecule has 126 valence electrons. The fourth-order valence-corrected chi connectivity index (χ4v) is 11.4. The van der Waals surface area contributed by atoms with Crippen LogP contribution in [0.15, 0.2) is 12.1 Å². The SMILES string of the molecule is Cc1cc(CS2(Cl)CCCC2)c(C)cc1CS1(Cl)CCCC1. The van der Waals surface area contributed by atoms with E-state index in [0.717, 1.165) is 11.5 Å². The van der Waals surface area contributed by atoms with E-state index in [1.54, 1.807) is 0 Å². The van der Waals surface area contributed by atoms with Crippen LogP contribution in [0.2, 0.25) is 0 Å². The predicted molar refractivity (Wildman–Crippen MR) is 108 cm³/mol. The topological polar surface area (TPSA) is 0 Å². The van der Waals surface area contributed by atoms with Crippen molar-refractivity contribution >= 4 is 39.8 Å². The van der Waals surface area contributed by atoms with Gasteiger partial charge in [-0.15, -0.1) is 0 Å². The van der Waals surface area contributed by atoms with Crippen LogP contribution in [-0.4, -0.2) is 23.0 Å². The van der Waals surface area contributed by atoms with Gasteiger partial charge in [-0.3, -0.25) is 0 Å². The second-order valence-electron chi connectivity index (χ2n) is 7.10. The van der Waals surface area contributed by atoms with E-state index >= 15 is 0 Å². The number of aryl methyl sites for hydroxylation is 2. The molecule has 1 aromatic carbocycles. The Kier molecular flexibility index (Phi) is 5.34. The summed E-state index contributed by atoms with van der Waals surface area (Å²) in [5, 5.41) is 0. The van der Waals surface area contributed by atoms with Crippen LogP contribution in [0.3, 0.4) is 0 Å². The molecule has 0 nitrogen and oxygen atoms in total. The van der Waals surface area contributed by atoms with E-state index in [9.17, 15) is 0 Å². The van der Waals surface area contributed by atoms with E-state index in [4.69, 9.17) is 21.4 Å². The summed E-state index contributed by atoms with van der Waals surface area (Å²) in [5.41, 5.74) is 5.83. The maximum Gasteiger partial charge on any atom is 0.0154 e. The predicted octanol–water partition coefficient (Wildman–Crippen LogP) is 6.81. The minimum absolute atomic E-state index is 0.892.